The van der Waals surface area contributed by atoms with Crippen LogP contribution in [0, 0.1) is 0 Å². The Bertz CT molecular complexity index is 290. The first-order valence-electron chi connectivity index (χ1n) is 6.24. The van der Waals surface area contributed by atoms with E-state index in [-0.39, 0.29) is 0 Å². The molecule has 0 fully saturated rings. The fourth-order valence-corrected chi connectivity index (χ4v) is 1.68. The van der Waals surface area contributed by atoms with Crippen LogP contribution in [0.4, 0.5) is 0 Å². The minimum atomic E-state index is -0.452. The lowest BCUT2D eigenvalue weighted by atomic mass is 10.1. The number of aliphatic hydroxyl groups is 1. The molecule has 0 aliphatic rings. The van der Waals surface area contributed by atoms with E-state index in [1.165, 1.54) is 25.7 Å². The minimum absolute atomic E-state index is 0.452. The number of rotatable bonds is 7. The Hall–Kier alpha value is -1.08. The zero-order chi connectivity index (χ0) is 11.6. The van der Waals surface area contributed by atoms with Crippen LogP contribution in [0.15, 0.2) is 42.5 Å². The standard InChI is InChI=1S/C15H22O/c1-2-3-4-5-6-10-13-15(16)14-11-8-7-9-12-14/h7-13,15-16H,2-6H2,1H3. The fraction of sp³-hybridized carbons (Fsp3) is 0.467. The molecule has 0 amide bonds. The first-order chi connectivity index (χ1) is 7.84. The van der Waals surface area contributed by atoms with Crippen LogP contribution < -0.4 is 0 Å². The molecule has 0 heterocycles. The van der Waals surface area contributed by atoms with Gasteiger partial charge in [0, 0.05) is 0 Å². The summed E-state index contributed by atoms with van der Waals surface area (Å²) in [5.41, 5.74) is 0.965. The van der Waals surface area contributed by atoms with Gasteiger partial charge in [-0.2, -0.15) is 0 Å². The average molecular weight is 218 g/mol. The maximum absolute atomic E-state index is 9.84. The number of hydrogen-bond donors (Lipinski definition) is 1. The second-order valence-corrected chi connectivity index (χ2v) is 4.13. The highest BCUT2D eigenvalue weighted by molar-refractivity contribution is 5.20. The first kappa shape index (κ1) is 13.0. The van der Waals surface area contributed by atoms with Gasteiger partial charge in [0.15, 0.2) is 0 Å². The largest absolute Gasteiger partial charge is 0.384 e. The van der Waals surface area contributed by atoms with E-state index in [4.69, 9.17) is 0 Å². The third kappa shape index (κ3) is 5.13. The molecule has 1 N–H and O–H groups in total. The summed E-state index contributed by atoms with van der Waals surface area (Å²) in [6.07, 6.45) is 9.71. The second-order valence-electron chi connectivity index (χ2n) is 4.13. The molecule has 0 aromatic heterocycles. The normalized spacial score (nSPS) is 13.1. The highest BCUT2D eigenvalue weighted by Gasteiger charge is 2.00. The zero-order valence-electron chi connectivity index (χ0n) is 10.1. The Balaban J connectivity index is 2.24. The molecule has 1 nitrogen and oxygen atoms in total. The molecule has 0 spiro atoms. The van der Waals surface area contributed by atoms with Gasteiger partial charge >= 0.3 is 0 Å². The Morgan fingerprint density at radius 3 is 2.56 bits per heavy atom. The Kier molecular flexibility index (Phi) is 6.59. The van der Waals surface area contributed by atoms with Gasteiger partial charge in [-0.15, -0.1) is 0 Å². The smallest absolute Gasteiger partial charge is 0.0971 e. The van der Waals surface area contributed by atoms with E-state index in [1.54, 1.807) is 0 Å². The van der Waals surface area contributed by atoms with Crippen LogP contribution in [-0.4, -0.2) is 5.11 Å². The summed E-state index contributed by atoms with van der Waals surface area (Å²) in [6.45, 7) is 2.22. The first-order valence-corrected chi connectivity index (χ1v) is 6.24. The molecule has 16 heavy (non-hydrogen) atoms. The lowest BCUT2D eigenvalue weighted by molar-refractivity contribution is 0.228. The van der Waals surface area contributed by atoms with Crippen molar-refractivity contribution < 1.29 is 5.11 Å². The van der Waals surface area contributed by atoms with E-state index >= 15 is 0 Å². The molecule has 0 aliphatic carbocycles. The van der Waals surface area contributed by atoms with E-state index < -0.39 is 6.10 Å². The predicted octanol–water partition coefficient (Wildman–Crippen LogP) is 4.25. The number of allylic oxidation sites excluding steroid dienone is 1. The summed E-state index contributed by atoms with van der Waals surface area (Å²) < 4.78 is 0. The molecule has 88 valence electrons. The number of benzene rings is 1. The molecule has 1 heteroatoms. The Labute approximate surface area is 98.8 Å². The number of unbranched alkanes of at least 4 members (excludes halogenated alkanes) is 4. The summed E-state index contributed by atoms with van der Waals surface area (Å²) in [5.74, 6) is 0. The second kappa shape index (κ2) is 8.12. The van der Waals surface area contributed by atoms with Crippen LogP contribution in [0.1, 0.15) is 50.7 Å². The van der Waals surface area contributed by atoms with Crippen molar-refractivity contribution in [1.29, 1.82) is 0 Å². The maximum Gasteiger partial charge on any atom is 0.0971 e. The molecular weight excluding hydrogens is 196 g/mol. The molecular formula is C15H22O. The van der Waals surface area contributed by atoms with Gasteiger partial charge in [0.05, 0.1) is 6.10 Å². The van der Waals surface area contributed by atoms with E-state index in [0.29, 0.717) is 0 Å². The summed E-state index contributed by atoms with van der Waals surface area (Å²) in [4.78, 5) is 0. The molecule has 0 aliphatic heterocycles. The number of aliphatic hydroxyl groups excluding tert-OH is 1. The highest BCUT2D eigenvalue weighted by atomic mass is 16.3. The summed E-state index contributed by atoms with van der Waals surface area (Å²) in [5, 5.41) is 9.84. The van der Waals surface area contributed by atoms with Gasteiger partial charge in [-0.1, -0.05) is 68.7 Å². The van der Waals surface area contributed by atoms with Gasteiger partial charge in [0.2, 0.25) is 0 Å². The van der Waals surface area contributed by atoms with E-state index in [1.807, 2.05) is 36.4 Å². The molecule has 1 aromatic rings. The minimum Gasteiger partial charge on any atom is -0.384 e. The van der Waals surface area contributed by atoms with E-state index in [9.17, 15) is 5.11 Å². The fourth-order valence-electron chi connectivity index (χ4n) is 1.68. The van der Waals surface area contributed by atoms with Crippen LogP contribution in [0.5, 0.6) is 0 Å². The van der Waals surface area contributed by atoms with Crippen LogP contribution >= 0.6 is 0 Å². The van der Waals surface area contributed by atoms with Crippen molar-refractivity contribution in [2.75, 3.05) is 0 Å². The lowest BCUT2D eigenvalue weighted by Crippen LogP contribution is -1.91. The van der Waals surface area contributed by atoms with Gasteiger partial charge in [0.25, 0.3) is 0 Å². The van der Waals surface area contributed by atoms with Gasteiger partial charge in [-0.3, -0.25) is 0 Å². The molecule has 0 radical (unpaired) electrons. The molecule has 0 bridgehead atoms. The predicted molar refractivity (Wildman–Crippen MR) is 69.3 cm³/mol. The van der Waals surface area contributed by atoms with Gasteiger partial charge in [0.1, 0.15) is 0 Å². The molecule has 0 saturated carbocycles. The molecule has 1 rings (SSSR count). The van der Waals surface area contributed by atoms with Crippen molar-refractivity contribution in [3.05, 3.63) is 48.0 Å². The van der Waals surface area contributed by atoms with Gasteiger partial charge < -0.3 is 5.11 Å². The van der Waals surface area contributed by atoms with Crippen molar-refractivity contribution in [2.24, 2.45) is 0 Å². The quantitative estimate of drug-likeness (QED) is 0.536. The van der Waals surface area contributed by atoms with Gasteiger partial charge in [-0.25, -0.2) is 0 Å². The monoisotopic (exact) mass is 218 g/mol. The summed E-state index contributed by atoms with van der Waals surface area (Å²) in [6, 6.07) is 9.77. The molecule has 1 atom stereocenters. The SMILES string of the molecule is CCCCCCC=CC(O)c1ccccc1. The summed E-state index contributed by atoms with van der Waals surface area (Å²) in [7, 11) is 0. The summed E-state index contributed by atoms with van der Waals surface area (Å²) >= 11 is 0. The third-order valence-corrected chi connectivity index (χ3v) is 2.68. The number of hydrogen-bond acceptors (Lipinski definition) is 1. The van der Waals surface area contributed by atoms with Crippen LogP contribution in [0.25, 0.3) is 0 Å². The van der Waals surface area contributed by atoms with Crippen molar-refractivity contribution in [1.82, 2.24) is 0 Å². The topological polar surface area (TPSA) is 20.2 Å². The van der Waals surface area contributed by atoms with Crippen molar-refractivity contribution in [2.45, 2.75) is 45.1 Å². The Morgan fingerprint density at radius 1 is 1.12 bits per heavy atom. The van der Waals surface area contributed by atoms with Crippen LogP contribution in [0.2, 0.25) is 0 Å². The lowest BCUT2D eigenvalue weighted by Gasteiger charge is -2.04. The average Bonchev–Trinajstić information content (AvgIpc) is 2.34. The molecule has 1 aromatic carbocycles. The van der Waals surface area contributed by atoms with Crippen LogP contribution in [0.3, 0.4) is 0 Å². The van der Waals surface area contributed by atoms with Crippen molar-refractivity contribution in [3.8, 4) is 0 Å². The third-order valence-electron chi connectivity index (χ3n) is 2.68. The molecule has 1 unspecified atom stereocenters. The van der Waals surface area contributed by atoms with E-state index in [0.717, 1.165) is 12.0 Å². The van der Waals surface area contributed by atoms with Crippen molar-refractivity contribution in [3.63, 3.8) is 0 Å². The Morgan fingerprint density at radius 2 is 1.88 bits per heavy atom. The highest BCUT2D eigenvalue weighted by Crippen LogP contribution is 2.14. The zero-order valence-corrected chi connectivity index (χ0v) is 10.1. The van der Waals surface area contributed by atoms with Crippen LogP contribution in [-0.2, 0) is 0 Å². The van der Waals surface area contributed by atoms with Gasteiger partial charge in [-0.05, 0) is 18.4 Å². The maximum atomic E-state index is 9.84. The van der Waals surface area contributed by atoms with E-state index in [2.05, 4.69) is 13.0 Å². The molecule has 0 saturated heterocycles. The van der Waals surface area contributed by atoms with Crippen molar-refractivity contribution >= 4 is 0 Å².